The molecule has 2 aromatic carbocycles. The van der Waals surface area contributed by atoms with Crippen molar-refractivity contribution < 1.29 is 9.53 Å². The molecule has 0 aliphatic rings. The summed E-state index contributed by atoms with van der Waals surface area (Å²) >= 11 is 5.80. The van der Waals surface area contributed by atoms with Crippen LogP contribution in [-0.2, 0) is 0 Å². The molecule has 5 heteroatoms. The lowest BCUT2D eigenvalue weighted by molar-refractivity contribution is 0.247. The molecule has 2 aromatic rings. The summed E-state index contributed by atoms with van der Waals surface area (Å²) in [7, 11) is 0. The molecule has 2 amide bonds. The third-order valence-electron chi connectivity index (χ3n) is 3.31. The van der Waals surface area contributed by atoms with Gasteiger partial charge in [-0.15, -0.1) is 0 Å². The molecule has 23 heavy (non-hydrogen) atoms. The van der Waals surface area contributed by atoms with Gasteiger partial charge < -0.3 is 15.4 Å². The van der Waals surface area contributed by atoms with Crippen LogP contribution >= 0.6 is 11.6 Å². The van der Waals surface area contributed by atoms with Gasteiger partial charge in [-0.05, 0) is 47.9 Å². The minimum Gasteiger partial charge on any atom is -0.492 e. The van der Waals surface area contributed by atoms with Crippen LogP contribution in [0.2, 0.25) is 5.02 Å². The van der Waals surface area contributed by atoms with E-state index in [9.17, 15) is 4.79 Å². The van der Waals surface area contributed by atoms with Gasteiger partial charge in [0, 0.05) is 10.7 Å². The standard InChI is InChI=1S/C18H21ClN2O2/c1-13(2)14-3-7-16(8-4-14)21-18(22)20-11-12-23-17-9-5-15(19)6-10-17/h3-10,13H,11-12H2,1-2H3,(H2,20,21,22). The number of nitrogens with one attached hydrogen (secondary N) is 2. The summed E-state index contributed by atoms with van der Waals surface area (Å²) in [5.74, 6) is 1.20. The quantitative estimate of drug-likeness (QED) is 0.755. The Morgan fingerprint density at radius 3 is 2.35 bits per heavy atom. The molecule has 0 spiro atoms. The number of ether oxygens (including phenoxy) is 1. The molecular weight excluding hydrogens is 312 g/mol. The lowest BCUT2D eigenvalue weighted by Gasteiger charge is -2.10. The van der Waals surface area contributed by atoms with E-state index in [-0.39, 0.29) is 6.03 Å². The van der Waals surface area contributed by atoms with Gasteiger partial charge in [0.2, 0.25) is 0 Å². The second-order valence-corrected chi connectivity index (χ2v) is 5.90. The third kappa shape index (κ3) is 5.83. The Morgan fingerprint density at radius 2 is 1.74 bits per heavy atom. The van der Waals surface area contributed by atoms with Crippen molar-refractivity contribution in [3.63, 3.8) is 0 Å². The zero-order valence-corrected chi connectivity index (χ0v) is 14.1. The number of carbonyl (C=O) groups is 1. The maximum absolute atomic E-state index is 11.8. The number of amides is 2. The monoisotopic (exact) mass is 332 g/mol. The van der Waals surface area contributed by atoms with Gasteiger partial charge in [-0.3, -0.25) is 0 Å². The fourth-order valence-corrected chi connectivity index (χ4v) is 2.12. The maximum atomic E-state index is 11.8. The molecule has 0 radical (unpaired) electrons. The van der Waals surface area contributed by atoms with Gasteiger partial charge in [0.05, 0.1) is 6.54 Å². The van der Waals surface area contributed by atoms with E-state index in [0.29, 0.717) is 24.1 Å². The van der Waals surface area contributed by atoms with Crippen molar-refractivity contribution in [3.05, 3.63) is 59.1 Å². The van der Waals surface area contributed by atoms with Gasteiger partial charge in [0.25, 0.3) is 0 Å². The summed E-state index contributed by atoms with van der Waals surface area (Å²) in [6.07, 6.45) is 0. The highest BCUT2D eigenvalue weighted by Gasteiger charge is 2.03. The number of carbonyl (C=O) groups excluding carboxylic acids is 1. The zero-order chi connectivity index (χ0) is 16.7. The summed E-state index contributed by atoms with van der Waals surface area (Å²) in [4.78, 5) is 11.8. The Hall–Kier alpha value is -2.20. The molecule has 0 saturated carbocycles. The molecule has 0 aromatic heterocycles. The minimum atomic E-state index is -0.248. The van der Waals surface area contributed by atoms with E-state index in [1.807, 2.05) is 24.3 Å². The van der Waals surface area contributed by atoms with Crippen LogP contribution in [0, 0.1) is 0 Å². The van der Waals surface area contributed by atoms with Crippen LogP contribution in [0.4, 0.5) is 10.5 Å². The summed E-state index contributed by atoms with van der Waals surface area (Å²) < 4.78 is 5.50. The molecule has 0 fully saturated rings. The summed E-state index contributed by atoms with van der Waals surface area (Å²) in [6, 6.07) is 14.7. The van der Waals surface area contributed by atoms with Crippen molar-refractivity contribution in [1.29, 1.82) is 0 Å². The first kappa shape index (κ1) is 17.2. The van der Waals surface area contributed by atoms with Crippen molar-refractivity contribution in [2.75, 3.05) is 18.5 Å². The zero-order valence-electron chi connectivity index (χ0n) is 13.3. The molecule has 0 heterocycles. The summed E-state index contributed by atoms with van der Waals surface area (Å²) in [5.41, 5.74) is 2.01. The van der Waals surface area contributed by atoms with Gasteiger partial charge >= 0.3 is 6.03 Å². The third-order valence-corrected chi connectivity index (χ3v) is 3.56. The first-order valence-corrected chi connectivity index (χ1v) is 7.95. The fraction of sp³-hybridized carbons (Fsp3) is 0.278. The molecule has 0 unspecified atom stereocenters. The minimum absolute atomic E-state index is 0.248. The molecule has 0 saturated heterocycles. The maximum Gasteiger partial charge on any atom is 0.319 e. The highest BCUT2D eigenvalue weighted by molar-refractivity contribution is 6.30. The van der Waals surface area contributed by atoms with Crippen molar-refractivity contribution in [2.24, 2.45) is 0 Å². The van der Waals surface area contributed by atoms with Crippen molar-refractivity contribution in [3.8, 4) is 5.75 Å². The molecule has 2 N–H and O–H groups in total. The van der Waals surface area contributed by atoms with Crippen LogP contribution in [-0.4, -0.2) is 19.2 Å². The summed E-state index contributed by atoms with van der Waals surface area (Å²) in [5, 5.41) is 6.21. The van der Waals surface area contributed by atoms with E-state index in [1.165, 1.54) is 5.56 Å². The topological polar surface area (TPSA) is 50.4 Å². The lowest BCUT2D eigenvalue weighted by atomic mass is 10.0. The number of halogens is 1. The Bertz CT molecular complexity index is 624. The molecule has 0 atom stereocenters. The smallest absolute Gasteiger partial charge is 0.319 e. The lowest BCUT2D eigenvalue weighted by Crippen LogP contribution is -2.32. The van der Waals surface area contributed by atoms with Gasteiger partial charge in [0.15, 0.2) is 0 Å². The van der Waals surface area contributed by atoms with Crippen LogP contribution in [0.1, 0.15) is 25.3 Å². The van der Waals surface area contributed by atoms with Crippen LogP contribution < -0.4 is 15.4 Å². The Morgan fingerprint density at radius 1 is 1.09 bits per heavy atom. The number of hydrogen-bond acceptors (Lipinski definition) is 2. The molecule has 4 nitrogen and oxygen atoms in total. The molecule has 0 bridgehead atoms. The van der Waals surface area contributed by atoms with E-state index in [2.05, 4.69) is 24.5 Å². The average molecular weight is 333 g/mol. The first-order valence-electron chi connectivity index (χ1n) is 7.58. The predicted octanol–water partition coefficient (Wildman–Crippen LogP) is 4.66. The highest BCUT2D eigenvalue weighted by Crippen LogP contribution is 2.17. The second-order valence-electron chi connectivity index (χ2n) is 5.46. The number of benzene rings is 2. The Kier molecular flexibility index (Phi) is 6.29. The fourth-order valence-electron chi connectivity index (χ4n) is 1.99. The summed E-state index contributed by atoms with van der Waals surface area (Å²) in [6.45, 7) is 5.07. The molecular formula is C18H21ClN2O2. The Labute approximate surface area is 141 Å². The highest BCUT2D eigenvalue weighted by atomic mass is 35.5. The van der Waals surface area contributed by atoms with Crippen molar-refractivity contribution in [1.82, 2.24) is 5.32 Å². The molecule has 0 aliphatic heterocycles. The van der Waals surface area contributed by atoms with E-state index >= 15 is 0 Å². The second kappa shape index (κ2) is 8.44. The number of hydrogen-bond donors (Lipinski definition) is 2. The van der Waals surface area contributed by atoms with E-state index in [0.717, 1.165) is 11.4 Å². The normalized spacial score (nSPS) is 10.4. The van der Waals surface area contributed by atoms with Gasteiger partial charge in [-0.2, -0.15) is 0 Å². The largest absolute Gasteiger partial charge is 0.492 e. The van der Waals surface area contributed by atoms with Crippen molar-refractivity contribution in [2.45, 2.75) is 19.8 Å². The van der Waals surface area contributed by atoms with E-state index in [4.69, 9.17) is 16.3 Å². The Balaban J connectivity index is 1.69. The van der Waals surface area contributed by atoms with Gasteiger partial charge in [-0.25, -0.2) is 4.79 Å². The number of anilines is 1. The molecule has 0 aliphatic carbocycles. The van der Waals surface area contributed by atoms with E-state index < -0.39 is 0 Å². The van der Waals surface area contributed by atoms with Crippen LogP contribution in [0.5, 0.6) is 5.75 Å². The number of rotatable bonds is 6. The molecule has 2 rings (SSSR count). The number of urea groups is 1. The molecule has 122 valence electrons. The van der Waals surface area contributed by atoms with Gasteiger partial charge in [0.1, 0.15) is 12.4 Å². The SMILES string of the molecule is CC(C)c1ccc(NC(=O)NCCOc2ccc(Cl)cc2)cc1. The van der Waals surface area contributed by atoms with Gasteiger partial charge in [-0.1, -0.05) is 37.6 Å². The van der Waals surface area contributed by atoms with Crippen LogP contribution in [0.3, 0.4) is 0 Å². The predicted molar refractivity (Wildman–Crippen MR) is 94.5 cm³/mol. The van der Waals surface area contributed by atoms with Crippen molar-refractivity contribution >= 4 is 23.3 Å². The van der Waals surface area contributed by atoms with Crippen LogP contribution in [0.15, 0.2) is 48.5 Å². The van der Waals surface area contributed by atoms with E-state index in [1.54, 1.807) is 24.3 Å². The average Bonchev–Trinajstić information content (AvgIpc) is 2.54. The van der Waals surface area contributed by atoms with Crippen LogP contribution in [0.25, 0.3) is 0 Å². The first-order chi connectivity index (χ1) is 11.0.